The number of nitrogens with one attached hydrogen (secondary N) is 2. The summed E-state index contributed by atoms with van der Waals surface area (Å²) >= 11 is 3.49. The first kappa shape index (κ1) is 18.2. The predicted octanol–water partition coefficient (Wildman–Crippen LogP) is 3.06. The van der Waals surface area contributed by atoms with Crippen molar-refractivity contribution in [2.75, 3.05) is 18.5 Å². The number of piperidine rings is 1. The molecule has 1 aromatic heterocycles. The van der Waals surface area contributed by atoms with Gasteiger partial charge < -0.3 is 20.1 Å². The molecule has 2 aliphatic rings. The van der Waals surface area contributed by atoms with Gasteiger partial charge in [-0.05, 0) is 41.1 Å². The SMILES string of the molecule is Cc1c(Nc2ccc(C#N)cc2Br)ncnc1OC1CC2COCC(C1)N2. The molecule has 2 N–H and O–H groups in total. The number of halogens is 1. The number of hydrogen-bond acceptors (Lipinski definition) is 7. The molecule has 2 fully saturated rings. The quantitative estimate of drug-likeness (QED) is 0.770. The second-order valence-corrected chi connectivity index (χ2v) is 7.75. The van der Waals surface area contributed by atoms with Crippen LogP contribution in [-0.4, -0.2) is 41.4 Å². The molecule has 2 aromatic rings. The Morgan fingerprint density at radius 3 is 2.78 bits per heavy atom. The summed E-state index contributed by atoms with van der Waals surface area (Å²) in [6.45, 7) is 3.41. The van der Waals surface area contributed by atoms with Gasteiger partial charge in [0.1, 0.15) is 18.2 Å². The van der Waals surface area contributed by atoms with Crippen LogP contribution in [-0.2, 0) is 4.74 Å². The number of anilines is 2. The molecule has 2 atom stereocenters. The van der Waals surface area contributed by atoms with Crippen molar-refractivity contribution in [3.63, 3.8) is 0 Å². The van der Waals surface area contributed by atoms with E-state index in [1.54, 1.807) is 12.1 Å². The molecule has 2 saturated heterocycles. The normalized spacial score (nSPS) is 24.1. The number of morpholine rings is 1. The maximum Gasteiger partial charge on any atom is 0.221 e. The number of ether oxygens (including phenoxy) is 2. The Balaban J connectivity index is 1.50. The maximum atomic E-state index is 9.00. The van der Waals surface area contributed by atoms with Crippen molar-refractivity contribution in [1.29, 1.82) is 5.26 Å². The molecule has 0 radical (unpaired) electrons. The Labute approximate surface area is 166 Å². The van der Waals surface area contributed by atoms with Gasteiger partial charge in [-0.3, -0.25) is 0 Å². The van der Waals surface area contributed by atoms with Gasteiger partial charge in [-0.25, -0.2) is 9.97 Å². The minimum Gasteiger partial charge on any atom is -0.474 e. The lowest BCUT2D eigenvalue weighted by Gasteiger charge is -2.39. The molecular weight excluding hydrogens is 410 g/mol. The molecule has 7 nitrogen and oxygen atoms in total. The van der Waals surface area contributed by atoms with Crippen molar-refractivity contribution in [1.82, 2.24) is 15.3 Å². The molecule has 2 unspecified atom stereocenters. The van der Waals surface area contributed by atoms with Gasteiger partial charge in [-0.2, -0.15) is 5.26 Å². The molecule has 0 saturated carbocycles. The van der Waals surface area contributed by atoms with E-state index in [4.69, 9.17) is 14.7 Å². The fourth-order valence-corrected chi connectivity index (χ4v) is 4.01. The van der Waals surface area contributed by atoms with Crippen LogP contribution in [0.25, 0.3) is 0 Å². The molecule has 0 amide bonds. The van der Waals surface area contributed by atoms with E-state index in [1.165, 1.54) is 6.33 Å². The van der Waals surface area contributed by atoms with Crippen LogP contribution in [0.4, 0.5) is 11.5 Å². The molecule has 2 aliphatic heterocycles. The summed E-state index contributed by atoms with van der Waals surface area (Å²) in [5.74, 6) is 1.28. The summed E-state index contributed by atoms with van der Waals surface area (Å²) in [7, 11) is 0. The Bertz CT molecular complexity index is 873. The zero-order valence-electron chi connectivity index (χ0n) is 14.9. The smallest absolute Gasteiger partial charge is 0.221 e. The second-order valence-electron chi connectivity index (χ2n) is 6.89. The summed E-state index contributed by atoms with van der Waals surface area (Å²) in [6, 6.07) is 8.19. The van der Waals surface area contributed by atoms with E-state index in [0.717, 1.165) is 41.8 Å². The van der Waals surface area contributed by atoms with Gasteiger partial charge in [0.05, 0.1) is 36.1 Å². The average Bonchev–Trinajstić information content (AvgIpc) is 2.66. The highest BCUT2D eigenvalue weighted by Gasteiger charge is 2.33. The zero-order chi connectivity index (χ0) is 18.8. The standard InChI is InChI=1S/C19H20BrN5O2/c1-11-18(25-17-3-2-12(7-21)4-16(17)20)22-10-23-19(11)27-15-5-13-8-26-9-14(6-15)24-13/h2-4,10,13-15,24H,5-6,8-9H2,1H3,(H,22,23,25). The van der Waals surface area contributed by atoms with Gasteiger partial charge in [0.2, 0.25) is 5.88 Å². The third-order valence-electron chi connectivity index (χ3n) is 4.87. The minimum atomic E-state index is 0.119. The van der Waals surface area contributed by atoms with Gasteiger partial charge in [0.25, 0.3) is 0 Å². The van der Waals surface area contributed by atoms with Gasteiger partial charge in [-0.15, -0.1) is 0 Å². The number of nitrogens with zero attached hydrogens (tertiary/aromatic N) is 3. The van der Waals surface area contributed by atoms with Crippen LogP contribution >= 0.6 is 15.9 Å². The van der Waals surface area contributed by atoms with Gasteiger partial charge in [0, 0.05) is 29.4 Å². The summed E-state index contributed by atoms with van der Waals surface area (Å²) < 4.78 is 12.6. The number of rotatable bonds is 4. The van der Waals surface area contributed by atoms with Crippen LogP contribution in [0.3, 0.4) is 0 Å². The van der Waals surface area contributed by atoms with Crippen LogP contribution < -0.4 is 15.4 Å². The monoisotopic (exact) mass is 429 g/mol. The molecule has 3 heterocycles. The molecule has 140 valence electrons. The topological polar surface area (TPSA) is 92.1 Å². The van der Waals surface area contributed by atoms with E-state index in [0.29, 0.717) is 29.3 Å². The Morgan fingerprint density at radius 1 is 1.30 bits per heavy atom. The molecule has 8 heteroatoms. The molecule has 4 rings (SSSR count). The van der Waals surface area contributed by atoms with E-state index < -0.39 is 0 Å². The highest BCUT2D eigenvalue weighted by atomic mass is 79.9. The molecule has 2 bridgehead atoms. The lowest BCUT2D eigenvalue weighted by molar-refractivity contribution is -0.0134. The van der Waals surface area contributed by atoms with Crippen LogP contribution in [0, 0.1) is 18.3 Å². The van der Waals surface area contributed by atoms with E-state index in [-0.39, 0.29) is 6.10 Å². The molecule has 0 spiro atoms. The van der Waals surface area contributed by atoms with Gasteiger partial charge >= 0.3 is 0 Å². The fraction of sp³-hybridized carbons (Fsp3) is 0.421. The van der Waals surface area contributed by atoms with Crippen LogP contribution in [0.1, 0.15) is 24.0 Å². The first-order valence-corrected chi connectivity index (χ1v) is 9.70. The lowest BCUT2D eigenvalue weighted by atomic mass is 9.95. The molecular formula is C19H20BrN5O2. The van der Waals surface area contributed by atoms with Crippen LogP contribution in [0.15, 0.2) is 29.0 Å². The molecule has 0 aliphatic carbocycles. The highest BCUT2D eigenvalue weighted by Crippen LogP contribution is 2.31. The lowest BCUT2D eigenvalue weighted by Crippen LogP contribution is -2.56. The fourth-order valence-electron chi connectivity index (χ4n) is 3.53. The summed E-state index contributed by atoms with van der Waals surface area (Å²) in [5.41, 5.74) is 2.28. The second kappa shape index (κ2) is 7.80. The van der Waals surface area contributed by atoms with Crippen molar-refractivity contribution < 1.29 is 9.47 Å². The predicted molar refractivity (Wildman–Crippen MR) is 104 cm³/mol. The Kier molecular flexibility index (Phi) is 5.25. The Morgan fingerprint density at radius 2 is 2.07 bits per heavy atom. The van der Waals surface area contributed by atoms with Gasteiger partial charge in [0.15, 0.2) is 0 Å². The number of benzene rings is 1. The van der Waals surface area contributed by atoms with Gasteiger partial charge in [-0.1, -0.05) is 0 Å². The van der Waals surface area contributed by atoms with Crippen LogP contribution in [0.5, 0.6) is 5.88 Å². The molecule has 27 heavy (non-hydrogen) atoms. The zero-order valence-corrected chi connectivity index (χ0v) is 16.5. The van der Waals surface area contributed by atoms with Crippen molar-refractivity contribution in [2.24, 2.45) is 0 Å². The van der Waals surface area contributed by atoms with E-state index in [1.807, 2.05) is 13.0 Å². The third kappa shape index (κ3) is 4.05. The van der Waals surface area contributed by atoms with Crippen molar-refractivity contribution in [3.8, 4) is 11.9 Å². The minimum absolute atomic E-state index is 0.119. The highest BCUT2D eigenvalue weighted by molar-refractivity contribution is 9.10. The molecule has 1 aromatic carbocycles. The summed E-state index contributed by atoms with van der Waals surface area (Å²) in [5, 5.41) is 15.9. The summed E-state index contributed by atoms with van der Waals surface area (Å²) in [4.78, 5) is 8.69. The van der Waals surface area contributed by atoms with E-state index >= 15 is 0 Å². The first-order valence-electron chi connectivity index (χ1n) is 8.91. The van der Waals surface area contributed by atoms with Crippen LogP contribution in [0.2, 0.25) is 0 Å². The number of nitriles is 1. The Hall–Kier alpha value is -2.21. The number of aromatic nitrogens is 2. The maximum absolute atomic E-state index is 9.00. The van der Waals surface area contributed by atoms with Crippen molar-refractivity contribution >= 4 is 27.4 Å². The first-order chi connectivity index (χ1) is 13.1. The van der Waals surface area contributed by atoms with Crippen molar-refractivity contribution in [2.45, 2.75) is 38.0 Å². The van der Waals surface area contributed by atoms with Crippen molar-refractivity contribution in [3.05, 3.63) is 40.1 Å². The van der Waals surface area contributed by atoms with E-state index in [9.17, 15) is 0 Å². The number of hydrogen-bond donors (Lipinski definition) is 2. The third-order valence-corrected chi connectivity index (χ3v) is 5.53. The van der Waals surface area contributed by atoms with E-state index in [2.05, 4.69) is 42.6 Å². The number of fused-ring (bicyclic) bond motifs is 2. The summed E-state index contributed by atoms with van der Waals surface area (Å²) in [6.07, 6.45) is 3.44. The largest absolute Gasteiger partial charge is 0.474 e. The average molecular weight is 430 g/mol.